The molecule has 3 atom stereocenters. The van der Waals surface area contributed by atoms with Crippen LogP contribution in [0.25, 0.3) is 0 Å². The Hall–Kier alpha value is -2.04. The van der Waals surface area contributed by atoms with E-state index >= 15 is 0 Å². The minimum Gasteiger partial charge on any atom is -0.508 e. The fourth-order valence-electron chi connectivity index (χ4n) is 2.57. The average molecular weight is 272 g/mol. The lowest BCUT2D eigenvalue weighted by atomic mass is 9.92. The smallest absolute Gasteiger partial charge is 0.152 e. The minimum absolute atomic E-state index is 0.183. The first-order valence-electron chi connectivity index (χ1n) is 6.46. The molecule has 20 heavy (non-hydrogen) atoms. The molecule has 3 rings (SSSR count). The summed E-state index contributed by atoms with van der Waals surface area (Å²) in [5.41, 5.74) is 1.64. The highest BCUT2D eigenvalue weighted by Gasteiger charge is 2.38. The van der Waals surface area contributed by atoms with Crippen LogP contribution in [0, 0.1) is 0 Å². The van der Waals surface area contributed by atoms with E-state index in [1.54, 1.807) is 31.4 Å². The molecule has 4 heteroatoms. The third-order valence-electron chi connectivity index (χ3n) is 3.58. The molecule has 1 heterocycles. The van der Waals surface area contributed by atoms with Gasteiger partial charge in [-0.15, -0.1) is 0 Å². The maximum atomic E-state index is 10.5. The van der Waals surface area contributed by atoms with Gasteiger partial charge in [-0.1, -0.05) is 30.3 Å². The molecule has 1 aliphatic heterocycles. The lowest BCUT2D eigenvalue weighted by Crippen LogP contribution is -2.35. The molecule has 0 saturated heterocycles. The number of phenols is 1. The van der Waals surface area contributed by atoms with Gasteiger partial charge in [-0.3, -0.25) is 0 Å². The molecule has 104 valence electrons. The van der Waals surface area contributed by atoms with E-state index in [2.05, 4.69) is 0 Å². The molecule has 2 aromatic rings. The van der Waals surface area contributed by atoms with Crippen LogP contribution in [0.4, 0.5) is 0 Å². The van der Waals surface area contributed by atoms with Crippen molar-refractivity contribution in [3.63, 3.8) is 0 Å². The predicted molar refractivity (Wildman–Crippen MR) is 73.7 cm³/mol. The number of para-hydroxylation sites is 1. The predicted octanol–water partition coefficient (Wildman–Crippen LogP) is 2.57. The van der Waals surface area contributed by atoms with Crippen molar-refractivity contribution in [1.29, 1.82) is 0 Å². The highest BCUT2D eigenvalue weighted by Crippen LogP contribution is 2.42. The van der Waals surface area contributed by atoms with E-state index < -0.39 is 18.3 Å². The van der Waals surface area contributed by atoms with Crippen LogP contribution in [0.1, 0.15) is 23.3 Å². The zero-order valence-corrected chi connectivity index (χ0v) is 11.1. The van der Waals surface area contributed by atoms with Crippen molar-refractivity contribution in [1.82, 2.24) is 0 Å². The van der Waals surface area contributed by atoms with Gasteiger partial charge in [0.1, 0.15) is 23.7 Å². The van der Waals surface area contributed by atoms with Gasteiger partial charge < -0.3 is 19.7 Å². The molecule has 2 aromatic carbocycles. The fourth-order valence-corrected chi connectivity index (χ4v) is 2.57. The van der Waals surface area contributed by atoms with Gasteiger partial charge in [-0.25, -0.2) is 0 Å². The van der Waals surface area contributed by atoms with Crippen LogP contribution in [0.15, 0.2) is 48.5 Å². The first-order chi connectivity index (χ1) is 9.70. The zero-order chi connectivity index (χ0) is 14.1. The van der Waals surface area contributed by atoms with Crippen molar-refractivity contribution in [3.05, 3.63) is 59.7 Å². The summed E-state index contributed by atoms with van der Waals surface area (Å²) in [5.74, 6) is 0.894. The summed E-state index contributed by atoms with van der Waals surface area (Å²) < 4.78 is 11.3. The number of aromatic hydroxyl groups is 1. The molecule has 0 bridgehead atoms. The Morgan fingerprint density at radius 1 is 1.05 bits per heavy atom. The third kappa shape index (κ3) is 2.13. The van der Waals surface area contributed by atoms with Crippen LogP contribution >= 0.6 is 0 Å². The lowest BCUT2D eigenvalue weighted by molar-refractivity contribution is -0.0869. The molecule has 0 saturated carbocycles. The molecule has 0 aromatic heterocycles. The lowest BCUT2D eigenvalue weighted by Gasteiger charge is -2.36. The number of phenolic OH excluding ortho intramolecular Hbond substituents is 1. The second kappa shape index (κ2) is 5.15. The maximum Gasteiger partial charge on any atom is 0.152 e. The number of hydrogen-bond acceptors (Lipinski definition) is 4. The fraction of sp³-hybridized carbons (Fsp3) is 0.250. The summed E-state index contributed by atoms with van der Waals surface area (Å²) in [7, 11) is 1.57. The molecular weight excluding hydrogens is 256 g/mol. The summed E-state index contributed by atoms with van der Waals surface area (Å²) >= 11 is 0. The number of hydrogen-bond donors (Lipinski definition) is 2. The Morgan fingerprint density at radius 3 is 2.45 bits per heavy atom. The van der Waals surface area contributed by atoms with Gasteiger partial charge in [-0.05, 0) is 23.8 Å². The number of methoxy groups -OCH3 is 1. The van der Waals surface area contributed by atoms with Crippen molar-refractivity contribution in [2.45, 2.75) is 18.3 Å². The summed E-state index contributed by atoms with van der Waals surface area (Å²) in [6.07, 6.45) is -1.76. The van der Waals surface area contributed by atoms with Crippen LogP contribution in [-0.2, 0) is 4.74 Å². The van der Waals surface area contributed by atoms with Gasteiger partial charge in [0.2, 0.25) is 0 Å². The Bertz CT molecular complexity index is 594. The Labute approximate surface area is 117 Å². The molecule has 1 aliphatic rings. The summed E-state index contributed by atoms with van der Waals surface area (Å²) in [6.45, 7) is 0. The summed E-state index contributed by atoms with van der Waals surface area (Å²) in [5, 5.41) is 19.8. The molecule has 2 N–H and O–H groups in total. The van der Waals surface area contributed by atoms with Gasteiger partial charge in [0.15, 0.2) is 6.10 Å². The Kier molecular flexibility index (Phi) is 3.34. The number of fused-ring (bicyclic) bond motifs is 1. The van der Waals surface area contributed by atoms with Gasteiger partial charge in [0.25, 0.3) is 0 Å². The van der Waals surface area contributed by atoms with Gasteiger partial charge >= 0.3 is 0 Å². The van der Waals surface area contributed by atoms with Crippen molar-refractivity contribution >= 4 is 0 Å². The van der Waals surface area contributed by atoms with Crippen LogP contribution in [0.3, 0.4) is 0 Å². The van der Waals surface area contributed by atoms with Gasteiger partial charge in [-0.2, -0.15) is 0 Å². The minimum atomic E-state index is -0.806. The number of ether oxygens (including phenoxy) is 2. The highest BCUT2D eigenvalue weighted by atomic mass is 16.5. The van der Waals surface area contributed by atoms with E-state index in [0.29, 0.717) is 5.75 Å². The second-order valence-corrected chi connectivity index (χ2v) is 4.81. The van der Waals surface area contributed by atoms with Crippen LogP contribution in [0.5, 0.6) is 11.5 Å². The second-order valence-electron chi connectivity index (χ2n) is 4.81. The van der Waals surface area contributed by atoms with E-state index in [1.165, 1.54) is 0 Å². The Balaban J connectivity index is 2.00. The van der Waals surface area contributed by atoms with Crippen molar-refractivity contribution in [3.8, 4) is 11.5 Å². The number of rotatable bonds is 2. The van der Waals surface area contributed by atoms with E-state index in [1.807, 2.05) is 24.3 Å². The van der Waals surface area contributed by atoms with E-state index in [9.17, 15) is 10.2 Å². The number of benzene rings is 2. The highest BCUT2D eigenvalue weighted by molar-refractivity contribution is 5.40. The van der Waals surface area contributed by atoms with Crippen molar-refractivity contribution < 1.29 is 19.7 Å². The number of aliphatic hydroxyl groups excluding tert-OH is 1. The largest absolute Gasteiger partial charge is 0.508 e. The average Bonchev–Trinajstić information content (AvgIpc) is 2.48. The van der Waals surface area contributed by atoms with Crippen LogP contribution < -0.4 is 4.74 Å². The number of aliphatic hydroxyl groups is 1. The molecule has 4 nitrogen and oxygen atoms in total. The molecular formula is C16H16O4. The molecule has 0 fully saturated rings. The van der Waals surface area contributed by atoms with Crippen molar-refractivity contribution in [2.24, 2.45) is 0 Å². The molecule has 0 unspecified atom stereocenters. The molecule has 0 aliphatic carbocycles. The third-order valence-corrected chi connectivity index (χ3v) is 3.58. The quantitative estimate of drug-likeness (QED) is 0.882. The monoisotopic (exact) mass is 272 g/mol. The molecule has 0 radical (unpaired) electrons. The topological polar surface area (TPSA) is 58.9 Å². The standard InChI is InChI=1S/C16H16O4/c1-19-16-12-4-2-3-5-13(12)20-15(14(16)18)10-6-8-11(17)9-7-10/h2-9,14-18H,1H3/t14-,15+,16-/m0/s1. The molecule has 0 amide bonds. The zero-order valence-electron chi connectivity index (χ0n) is 11.1. The van der Waals surface area contributed by atoms with E-state index in [-0.39, 0.29) is 5.75 Å². The van der Waals surface area contributed by atoms with E-state index in [4.69, 9.17) is 9.47 Å². The van der Waals surface area contributed by atoms with Crippen LogP contribution in [-0.4, -0.2) is 23.4 Å². The summed E-state index contributed by atoms with van der Waals surface area (Å²) in [4.78, 5) is 0. The first kappa shape index (κ1) is 13.0. The SMILES string of the molecule is CO[C@H]1c2ccccc2O[C@H](c2ccc(O)cc2)[C@@H]1O. The summed E-state index contributed by atoms with van der Waals surface area (Å²) in [6, 6.07) is 14.2. The van der Waals surface area contributed by atoms with E-state index in [0.717, 1.165) is 11.1 Å². The molecule has 0 spiro atoms. The van der Waals surface area contributed by atoms with Crippen LogP contribution in [0.2, 0.25) is 0 Å². The van der Waals surface area contributed by atoms with Crippen molar-refractivity contribution in [2.75, 3.05) is 7.11 Å². The first-order valence-corrected chi connectivity index (χ1v) is 6.46. The Morgan fingerprint density at radius 2 is 1.75 bits per heavy atom. The normalized spacial score (nSPS) is 24.8. The van der Waals surface area contributed by atoms with Gasteiger partial charge in [0.05, 0.1) is 0 Å². The maximum absolute atomic E-state index is 10.5. The van der Waals surface area contributed by atoms with Gasteiger partial charge in [0, 0.05) is 12.7 Å².